The fourth-order valence-corrected chi connectivity index (χ4v) is 2.92. The predicted molar refractivity (Wildman–Crippen MR) is 96.1 cm³/mol. The zero-order valence-electron chi connectivity index (χ0n) is 14.1. The highest BCUT2D eigenvalue weighted by Gasteiger charge is 2.15. The van der Waals surface area contributed by atoms with Gasteiger partial charge in [0.2, 0.25) is 0 Å². The molecule has 2 aromatic rings. The van der Waals surface area contributed by atoms with Crippen LogP contribution in [-0.4, -0.2) is 43.0 Å². The zero-order chi connectivity index (χ0) is 16.8. The van der Waals surface area contributed by atoms with Crippen molar-refractivity contribution in [3.05, 3.63) is 65.5 Å². The number of nitrogens with one attached hydrogen (secondary N) is 2. The van der Waals surface area contributed by atoms with Gasteiger partial charge in [0, 0.05) is 45.0 Å². The monoisotopic (exact) mass is 328 g/mol. The Labute approximate surface area is 143 Å². The van der Waals surface area contributed by atoms with Gasteiger partial charge in [-0.1, -0.05) is 24.3 Å². The quantitative estimate of drug-likeness (QED) is 0.798. The van der Waals surface area contributed by atoms with E-state index in [2.05, 4.69) is 27.7 Å². The summed E-state index contributed by atoms with van der Waals surface area (Å²) in [5, 5.41) is 0. The molecule has 2 N–H and O–H groups in total. The smallest absolute Gasteiger partial charge is 0.123 e. The molecule has 0 aromatic heterocycles. The predicted octanol–water partition coefficient (Wildman–Crippen LogP) is 2.69. The van der Waals surface area contributed by atoms with Crippen molar-refractivity contribution in [3.63, 3.8) is 0 Å². The van der Waals surface area contributed by atoms with Gasteiger partial charge in [-0.15, -0.1) is 0 Å². The lowest BCUT2D eigenvalue weighted by Crippen LogP contribution is -2.44. The Kier molecular flexibility index (Phi) is 5.80. The maximum atomic E-state index is 13.7. The number of benzene rings is 2. The maximum Gasteiger partial charge on any atom is 0.123 e. The standard InChI is InChI=1S/C19H25FN4/c1-23-9-11-24(12-10-23)15-17-13-18(20)8-7-16(17)14-21-22-19-5-3-2-4-6-19/h2-8,13,21-22H,9-12,14-15H2,1H3. The van der Waals surface area contributed by atoms with Gasteiger partial charge >= 0.3 is 0 Å². The van der Waals surface area contributed by atoms with Gasteiger partial charge in [-0.3, -0.25) is 4.90 Å². The molecule has 2 aromatic carbocycles. The molecule has 0 amide bonds. The van der Waals surface area contributed by atoms with Crippen LogP contribution in [0, 0.1) is 5.82 Å². The van der Waals surface area contributed by atoms with Crippen LogP contribution >= 0.6 is 0 Å². The molecule has 1 fully saturated rings. The number of hydrogen-bond donors (Lipinski definition) is 2. The summed E-state index contributed by atoms with van der Waals surface area (Å²) in [6, 6.07) is 15.0. The molecule has 1 aliphatic rings. The number of piperazine rings is 1. The van der Waals surface area contributed by atoms with E-state index in [0.717, 1.165) is 49.5 Å². The molecule has 0 atom stereocenters. The third kappa shape index (κ3) is 4.77. The Bertz CT molecular complexity index is 639. The van der Waals surface area contributed by atoms with E-state index < -0.39 is 0 Å². The third-order valence-corrected chi connectivity index (χ3v) is 4.44. The summed E-state index contributed by atoms with van der Waals surface area (Å²) in [6.45, 7) is 5.65. The van der Waals surface area contributed by atoms with E-state index in [-0.39, 0.29) is 5.82 Å². The van der Waals surface area contributed by atoms with Gasteiger partial charge in [0.15, 0.2) is 0 Å². The van der Waals surface area contributed by atoms with E-state index in [0.29, 0.717) is 6.54 Å². The van der Waals surface area contributed by atoms with Crippen molar-refractivity contribution < 1.29 is 4.39 Å². The third-order valence-electron chi connectivity index (χ3n) is 4.44. The minimum absolute atomic E-state index is 0.168. The zero-order valence-corrected chi connectivity index (χ0v) is 14.1. The first kappa shape index (κ1) is 16.9. The van der Waals surface area contributed by atoms with Crippen molar-refractivity contribution in [1.29, 1.82) is 0 Å². The summed E-state index contributed by atoms with van der Waals surface area (Å²) < 4.78 is 13.7. The summed E-state index contributed by atoms with van der Waals surface area (Å²) in [4.78, 5) is 4.72. The Balaban J connectivity index is 1.60. The van der Waals surface area contributed by atoms with Gasteiger partial charge in [-0.05, 0) is 42.4 Å². The highest BCUT2D eigenvalue weighted by Crippen LogP contribution is 2.15. The lowest BCUT2D eigenvalue weighted by Gasteiger charge is -2.32. The van der Waals surface area contributed by atoms with E-state index in [9.17, 15) is 4.39 Å². The molecule has 1 heterocycles. The highest BCUT2D eigenvalue weighted by molar-refractivity contribution is 5.41. The van der Waals surface area contributed by atoms with E-state index in [1.54, 1.807) is 6.07 Å². The minimum atomic E-state index is -0.168. The van der Waals surface area contributed by atoms with Crippen molar-refractivity contribution in [2.24, 2.45) is 0 Å². The minimum Gasteiger partial charge on any atom is -0.321 e. The molecule has 5 heteroatoms. The summed E-state index contributed by atoms with van der Waals surface area (Å²) >= 11 is 0. The van der Waals surface area contributed by atoms with Gasteiger partial charge < -0.3 is 10.3 Å². The molecule has 24 heavy (non-hydrogen) atoms. The molecule has 0 aliphatic carbocycles. The lowest BCUT2D eigenvalue weighted by atomic mass is 10.1. The molecular formula is C19H25FN4. The molecule has 0 spiro atoms. The molecule has 0 saturated carbocycles. The van der Waals surface area contributed by atoms with Gasteiger partial charge in [-0.2, -0.15) is 0 Å². The van der Waals surface area contributed by atoms with Gasteiger partial charge in [0.25, 0.3) is 0 Å². The van der Waals surface area contributed by atoms with E-state index in [4.69, 9.17) is 0 Å². The van der Waals surface area contributed by atoms with Gasteiger partial charge in [0.1, 0.15) is 5.82 Å². The van der Waals surface area contributed by atoms with Crippen molar-refractivity contribution in [1.82, 2.24) is 15.2 Å². The molecule has 4 nitrogen and oxygen atoms in total. The van der Waals surface area contributed by atoms with Crippen LogP contribution in [0.2, 0.25) is 0 Å². The number of halogens is 1. The maximum absolute atomic E-state index is 13.7. The van der Waals surface area contributed by atoms with Crippen LogP contribution in [0.3, 0.4) is 0 Å². The van der Waals surface area contributed by atoms with E-state index >= 15 is 0 Å². The van der Waals surface area contributed by atoms with Crippen LogP contribution in [0.1, 0.15) is 11.1 Å². The number of hydrogen-bond acceptors (Lipinski definition) is 4. The molecule has 128 valence electrons. The Morgan fingerprint density at radius 1 is 0.958 bits per heavy atom. The van der Waals surface area contributed by atoms with Crippen LogP contribution in [-0.2, 0) is 13.1 Å². The second-order valence-electron chi connectivity index (χ2n) is 6.34. The fourth-order valence-electron chi connectivity index (χ4n) is 2.92. The van der Waals surface area contributed by atoms with Crippen molar-refractivity contribution in [3.8, 4) is 0 Å². The van der Waals surface area contributed by atoms with Crippen LogP contribution in [0.15, 0.2) is 48.5 Å². The lowest BCUT2D eigenvalue weighted by molar-refractivity contribution is 0.148. The normalized spacial score (nSPS) is 16.2. The van der Waals surface area contributed by atoms with Gasteiger partial charge in [-0.25, -0.2) is 9.82 Å². The second-order valence-corrected chi connectivity index (χ2v) is 6.34. The fraction of sp³-hybridized carbons (Fsp3) is 0.368. The van der Waals surface area contributed by atoms with Crippen LogP contribution in [0.5, 0.6) is 0 Å². The van der Waals surface area contributed by atoms with Crippen molar-refractivity contribution >= 4 is 5.69 Å². The number of hydrazine groups is 1. The summed E-state index contributed by atoms with van der Waals surface area (Å²) in [6.07, 6.45) is 0. The number of para-hydroxylation sites is 1. The Morgan fingerprint density at radius 2 is 1.71 bits per heavy atom. The SMILES string of the molecule is CN1CCN(Cc2cc(F)ccc2CNNc2ccccc2)CC1. The molecule has 0 radical (unpaired) electrons. The van der Waals surface area contributed by atoms with Gasteiger partial charge in [0.05, 0.1) is 0 Å². The number of likely N-dealkylation sites (N-methyl/N-ethyl adjacent to an activating group) is 1. The number of nitrogens with zero attached hydrogens (tertiary/aromatic N) is 2. The van der Waals surface area contributed by atoms with Crippen LogP contribution in [0.25, 0.3) is 0 Å². The first-order valence-electron chi connectivity index (χ1n) is 8.43. The summed E-state index contributed by atoms with van der Waals surface area (Å²) in [7, 11) is 2.14. The molecule has 3 rings (SSSR count). The molecule has 1 aliphatic heterocycles. The Hall–Kier alpha value is -1.95. The number of anilines is 1. The molecule has 0 bridgehead atoms. The Morgan fingerprint density at radius 3 is 2.46 bits per heavy atom. The van der Waals surface area contributed by atoms with Crippen molar-refractivity contribution in [2.45, 2.75) is 13.1 Å². The topological polar surface area (TPSA) is 30.5 Å². The molecule has 1 saturated heterocycles. The number of rotatable bonds is 6. The van der Waals surface area contributed by atoms with E-state index in [1.807, 2.05) is 36.4 Å². The largest absolute Gasteiger partial charge is 0.321 e. The average molecular weight is 328 g/mol. The van der Waals surface area contributed by atoms with Crippen molar-refractivity contribution in [2.75, 3.05) is 38.7 Å². The average Bonchev–Trinajstić information content (AvgIpc) is 2.60. The second kappa shape index (κ2) is 8.24. The van der Waals surface area contributed by atoms with Crippen LogP contribution < -0.4 is 10.9 Å². The molecular weight excluding hydrogens is 303 g/mol. The molecule has 0 unspecified atom stereocenters. The highest BCUT2D eigenvalue weighted by atomic mass is 19.1. The summed E-state index contributed by atoms with van der Waals surface area (Å²) in [5.41, 5.74) is 9.60. The van der Waals surface area contributed by atoms with E-state index in [1.165, 1.54) is 6.07 Å². The first-order valence-corrected chi connectivity index (χ1v) is 8.43. The van der Waals surface area contributed by atoms with Crippen LogP contribution in [0.4, 0.5) is 10.1 Å². The first-order chi connectivity index (χ1) is 11.7. The summed E-state index contributed by atoms with van der Waals surface area (Å²) in [5.74, 6) is -0.168.